The van der Waals surface area contributed by atoms with Gasteiger partial charge in [0.25, 0.3) is 0 Å². The molecule has 0 heterocycles. The fourth-order valence-corrected chi connectivity index (χ4v) is 6.50. The summed E-state index contributed by atoms with van der Waals surface area (Å²) >= 11 is 0. The van der Waals surface area contributed by atoms with Crippen molar-refractivity contribution in [1.82, 2.24) is 0 Å². The Hall–Kier alpha value is -0.0400. The van der Waals surface area contributed by atoms with Crippen LogP contribution in [0.2, 0.25) is 0 Å². The monoisotopic (exact) mass is 579 g/mol. The van der Waals surface area contributed by atoms with E-state index in [0.29, 0.717) is 12.2 Å². The van der Waals surface area contributed by atoms with Crippen molar-refractivity contribution in [3.05, 3.63) is 0 Å². The Balaban J connectivity index is 3.50. The van der Waals surface area contributed by atoms with E-state index >= 15 is 0 Å². The van der Waals surface area contributed by atoms with Crippen LogP contribution in [0.15, 0.2) is 0 Å². The second-order valence-corrected chi connectivity index (χ2v) is 13.7. The highest BCUT2D eigenvalue weighted by atomic mass is 16.5. The van der Waals surface area contributed by atoms with Gasteiger partial charge in [-0.2, -0.15) is 0 Å². The maximum Gasteiger partial charge on any atom is 0.0576 e. The van der Waals surface area contributed by atoms with Crippen molar-refractivity contribution in [2.45, 2.75) is 258 Å². The van der Waals surface area contributed by atoms with Gasteiger partial charge in [-0.1, -0.05) is 220 Å². The Morgan fingerprint density at radius 2 is 0.463 bits per heavy atom. The molecule has 0 aliphatic carbocycles. The lowest BCUT2D eigenvalue weighted by atomic mass is 10.0. The first kappa shape index (κ1) is 41.0. The number of hydrogen-bond acceptors (Lipinski definition) is 1. The van der Waals surface area contributed by atoms with Crippen LogP contribution in [0.1, 0.15) is 246 Å². The van der Waals surface area contributed by atoms with Crippen LogP contribution in [0.4, 0.5) is 0 Å². The average Bonchev–Trinajstić information content (AvgIpc) is 2.99. The minimum absolute atomic E-state index is 0.498. The summed E-state index contributed by atoms with van der Waals surface area (Å²) in [5, 5.41) is 0. The smallest absolute Gasteiger partial charge is 0.0576 e. The summed E-state index contributed by atoms with van der Waals surface area (Å²) in [6, 6.07) is 0. The molecule has 0 aromatic heterocycles. The molecule has 0 amide bonds. The average molecular weight is 579 g/mol. The van der Waals surface area contributed by atoms with Gasteiger partial charge in [-0.25, -0.2) is 0 Å². The van der Waals surface area contributed by atoms with Gasteiger partial charge >= 0.3 is 0 Å². The highest BCUT2D eigenvalue weighted by Gasteiger charge is 2.13. The molecule has 41 heavy (non-hydrogen) atoms. The van der Waals surface area contributed by atoms with Gasteiger partial charge in [0, 0.05) is 0 Å². The molecule has 0 N–H and O–H groups in total. The highest BCUT2D eigenvalue weighted by molar-refractivity contribution is 4.63. The number of hydrogen-bond donors (Lipinski definition) is 0. The molecule has 0 spiro atoms. The molecule has 0 bridgehead atoms. The molecule has 0 saturated heterocycles. The third-order valence-electron chi connectivity index (χ3n) is 9.55. The first-order valence-corrected chi connectivity index (χ1v) is 19.9. The van der Waals surface area contributed by atoms with Gasteiger partial charge in [0.15, 0.2) is 0 Å². The quantitative estimate of drug-likeness (QED) is 0.0672. The van der Waals surface area contributed by atoms with Gasteiger partial charge in [-0.3, -0.25) is 0 Å². The summed E-state index contributed by atoms with van der Waals surface area (Å²) < 4.78 is 6.59. The topological polar surface area (TPSA) is 9.23 Å². The molecular weight excluding hydrogens is 496 g/mol. The van der Waals surface area contributed by atoms with E-state index < -0.39 is 0 Å². The van der Waals surface area contributed by atoms with Crippen LogP contribution in [-0.4, -0.2) is 12.2 Å². The minimum atomic E-state index is 0.498. The van der Waals surface area contributed by atoms with Crippen LogP contribution in [0.3, 0.4) is 0 Å². The summed E-state index contributed by atoms with van der Waals surface area (Å²) in [7, 11) is 0. The third kappa shape index (κ3) is 32.7. The summed E-state index contributed by atoms with van der Waals surface area (Å²) in [6.45, 7) is 9.27. The molecule has 1 heteroatoms. The molecule has 0 radical (unpaired) electrons. The molecule has 1 nitrogen and oxygen atoms in total. The van der Waals surface area contributed by atoms with Gasteiger partial charge in [0.1, 0.15) is 0 Å². The van der Waals surface area contributed by atoms with E-state index in [1.165, 1.54) is 218 Å². The zero-order valence-electron chi connectivity index (χ0n) is 29.6. The molecular formula is C40H82O. The van der Waals surface area contributed by atoms with E-state index in [2.05, 4.69) is 27.7 Å². The van der Waals surface area contributed by atoms with E-state index in [1.807, 2.05) is 0 Å². The van der Waals surface area contributed by atoms with Crippen LogP contribution in [-0.2, 0) is 4.74 Å². The van der Waals surface area contributed by atoms with Crippen molar-refractivity contribution in [3.63, 3.8) is 0 Å². The number of rotatable bonds is 36. The largest absolute Gasteiger partial charge is 0.375 e. The van der Waals surface area contributed by atoms with Gasteiger partial charge in [0.2, 0.25) is 0 Å². The molecule has 0 saturated carbocycles. The van der Waals surface area contributed by atoms with Crippen LogP contribution < -0.4 is 0 Å². The summed E-state index contributed by atoms with van der Waals surface area (Å²) in [5.74, 6) is 0. The van der Waals surface area contributed by atoms with Gasteiger partial charge in [-0.15, -0.1) is 0 Å². The van der Waals surface area contributed by atoms with E-state index in [1.54, 1.807) is 0 Å². The first-order chi connectivity index (χ1) is 20.3. The van der Waals surface area contributed by atoms with E-state index in [-0.39, 0.29) is 0 Å². The van der Waals surface area contributed by atoms with Crippen molar-refractivity contribution in [1.29, 1.82) is 0 Å². The highest BCUT2D eigenvalue weighted by Crippen LogP contribution is 2.20. The molecule has 2 atom stereocenters. The Kier molecular flexibility index (Phi) is 36.1. The summed E-state index contributed by atoms with van der Waals surface area (Å²) in [6.07, 6.45) is 49.3. The Bertz CT molecular complexity index is 406. The van der Waals surface area contributed by atoms with E-state index in [9.17, 15) is 0 Å². The van der Waals surface area contributed by atoms with Crippen molar-refractivity contribution in [2.75, 3.05) is 0 Å². The molecule has 0 aliphatic heterocycles. The molecule has 0 fully saturated rings. The van der Waals surface area contributed by atoms with Crippen molar-refractivity contribution in [3.8, 4) is 0 Å². The second kappa shape index (κ2) is 36.2. The van der Waals surface area contributed by atoms with Gasteiger partial charge in [-0.05, 0) is 25.7 Å². The lowest BCUT2D eigenvalue weighted by molar-refractivity contribution is -0.0257. The molecule has 0 aliphatic rings. The maximum atomic E-state index is 6.59. The number of unbranched alkanes of at least 4 members (excludes halogenated alkanes) is 28. The Morgan fingerprint density at radius 1 is 0.268 bits per heavy atom. The number of ether oxygens (including phenoxy) is 1. The van der Waals surface area contributed by atoms with Gasteiger partial charge < -0.3 is 4.74 Å². The van der Waals surface area contributed by atoms with Crippen molar-refractivity contribution in [2.24, 2.45) is 0 Å². The van der Waals surface area contributed by atoms with Crippen LogP contribution in [0, 0.1) is 0 Å². The van der Waals surface area contributed by atoms with Crippen molar-refractivity contribution < 1.29 is 4.74 Å². The first-order valence-electron chi connectivity index (χ1n) is 19.9. The van der Waals surface area contributed by atoms with E-state index in [0.717, 1.165) is 0 Å². The summed E-state index contributed by atoms with van der Waals surface area (Å²) in [4.78, 5) is 0. The predicted octanol–water partition coefficient (Wildman–Crippen LogP) is 15.1. The molecule has 2 unspecified atom stereocenters. The normalized spacial score (nSPS) is 13.2. The lowest BCUT2D eigenvalue weighted by Gasteiger charge is -2.23. The van der Waals surface area contributed by atoms with Crippen LogP contribution in [0.5, 0.6) is 0 Å². The maximum absolute atomic E-state index is 6.59. The van der Waals surface area contributed by atoms with Crippen molar-refractivity contribution >= 4 is 0 Å². The SMILES string of the molecule is CCCCCCCCCCCCCCCCCC(CC)OC(CC)CCCCCCCCCCCCCCCCC. The predicted molar refractivity (Wildman–Crippen MR) is 188 cm³/mol. The molecule has 0 aromatic carbocycles. The zero-order valence-corrected chi connectivity index (χ0v) is 29.6. The molecule has 0 rings (SSSR count). The Labute approximate surface area is 262 Å². The molecule has 0 aromatic rings. The fraction of sp³-hybridized carbons (Fsp3) is 1.00. The minimum Gasteiger partial charge on any atom is -0.375 e. The lowest BCUT2D eigenvalue weighted by Crippen LogP contribution is -2.21. The van der Waals surface area contributed by atoms with E-state index in [4.69, 9.17) is 4.74 Å². The second-order valence-electron chi connectivity index (χ2n) is 13.7. The van der Waals surface area contributed by atoms with Crippen LogP contribution in [0.25, 0.3) is 0 Å². The standard InChI is InChI=1S/C40H82O/c1-5-9-11-13-15-17-19-21-23-25-27-29-31-33-35-37-39(7-3)41-40(8-4)38-36-34-32-30-28-26-24-22-20-18-16-14-12-10-6-2/h39-40H,5-38H2,1-4H3. The Morgan fingerprint density at radius 3 is 0.659 bits per heavy atom. The van der Waals surface area contributed by atoms with Gasteiger partial charge in [0.05, 0.1) is 12.2 Å². The zero-order chi connectivity index (χ0) is 29.9. The fourth-order valence-electron chi connectivity index (χ4n) is 6.50. The van der Waals surface area contributed by atoms with Crippen LogP contribution >= 0.6 is 0 Å². The third-order valence-corrected chi connectivity index (χ3v) is 9.55. The molecule has 248 valence electrons. The summed E-state index contributed by atoms with van der Waals surface area (Å²) in [5.41, 5.74) is 0.